The fourth-order valence-corrected chi connectivity index (χ4v) is 5.80. The van der Waals surface area contributed by atoms with Gasteiger partial charge in [-0.2, -0.15) is 0 Å². The smallest absolute Gasteiger partial charge is 0.167 e. The molecular formula is C25H39NO2. The van der Waals surface area contributed by atoms with Crippen LogP contribution in [0.1, 0.15) is 97.3 Å². The summed E-state index contributed by atoms with van der Waals surface area (Å²) in [5.74, 6) is 0.645. The SMILES string of the molecule is C/C=C/C(=O)C12CCCCCCCCCC(=C1N1CCCCC1)C(=O)CC2C. The fourth-order valence-electron chi connectivity index (χ4n) is 5.80. The van der Waals surface area contributed by atoms with Crippen LogP contribution in [-0.2, 0) is 9.59 Å². The Bertz CT molecular complexity index is 626. The number of rotatable bonds is 3. The second kappa shape index (κ2) is 9.89. The number of nitrogens with zero attached hydrogens (tertiary/aromatic N) is 1. The van der Waals surface area contributed by atoms with Gasteiger partial charge in [-0.25, -0.2) is 0 Å². The molecule has 0 aromatic rings. The van der Waals surface area contributed by atoms with Crippen LogP contribution in [-0.4, -0.2) is 29.6 Å². The summed E-state index contributed by atoms with van der Waals surface area (Å²) >= 11 is 0. The summed E-state index contributed by atoms with van der Waals surface area (Å²) in [4.78, 5) is 29.3. The number of fused-ring (bicyclic) bond motifs is 1. The summed E-state index contributed by atoms with van der Waals surface area (Å²) in [6, 6.07) is 0. The van der Waals surface area contributed by atoms with Crippen LogP contribution in [0.2, 0.25) is 0 Å². The van der Waals surface area contributed by atoms with E-state index >= 15 is 0 Å². The number of ketones is 2. The second-order valence-electron chi connectivity index (χ2n) is 9.21. The van der Waals surface area contributed by atoms with E-state index in [1.165, 1.54) is 51.4 Å². The maximum Gasteiger partial charge on any atom is 0.167 e. The molecule has 0 amide bonds. The first kappa shape index (κ1) is 21.3. The highest BCUT2D eigenvalue weighted by atomic mass is 16.1. The Kier molecular flexibility index (Phi) is 7.54. The Morgan fingerprint density at radius 3 is 2.25 bits per heavy atom. The molecule has 0 saturated carbocycles. The monoisotopic (exact) mass is 385 g/mol. The average molecular weight is 386 g/mol. The van der Waals surface area contributed by atoms with E-state index in [1.54, 1.807) is 6.08 Å². The lowest BCUT2D eigenvalue weighted by Gasteiger charge is -2.49. The van der Waals surface area contributed by atoms with Gasteiger partial charge in [0.25, 0.3) is 0 Å². The first-order valence-electron chi connectivity index (χ1n) is 11.8. The van der Waals surface area contributed by atoms with Gasteiger partial charge in [-0.3, -0.25) is 9.59 Å². The molecule has 28 heavy (non-hydrogen) atoms. The van der Waals surface area contributed by atoms with Gasteiger partial charge in [0.1, 0.15) is 0 Å². The number of hydrogen-bond donors (Lipinski definition) is 0. The normalized spacial score (nSPS) is 30.9. The average Bonchev–Trinajstić information content (AvgIpc) is 2.68. The number of carbonyl (C=O) groups is 2. The largest absolute Gasteiger partial charge is 0.374 e. The summed E-state index contributed by atoms with van der Waals surface area (Å²) in [6.45, 7) is 6.10. The number of piperidine rings is 1. The molecule has 2 unspecified atom stereocenters. The fraction of sp³-hybridized carbons (Fsp3) is 0.760. The molecule has 2 bridgehead atoms. The first-order chi connectivity index (χ1) is 13.6. The predicted octanol–water partition coefficient (Wildman–Crippen LogP) is 5.99. The number of allylic oxidation sites excluding steroid dienone is 4. The van der Waals surface area contributed by atoms with Crippen molar-refractivity contribution in [3.8, 4) is 0 Å². The molecular weight excluding hydrogens is 346 g/mol. The zero-order chi connectivity index (χ0) is 20.0. The number of Topliss-reactive ketones (excluding diaryl/α,β-unsaturated/α-hetero) is 1. The molecule has 1 aliphatic heterocycles. The zero-order valence-electron chi connectivity index (χ0n) is 18.1. The molecule has 3 aliphatic rings. The second-order valence-corrected chi connectivity index (χ2v) is 9.21. The molecule has 3 heteroatoms. The zero-order valence-corrected chi connectivity index (χ0v) is 18.1. The summed E-state index contributed by atoms with van der Waals surface area (Å²) in [6.07, 6.45) is 18.0. The van der Waals surface area contributed by atoms with E-state index in [0.717, 1.165) is 50.0 Å². The van der Waals surface area contributed by atoms with Gasteiger partial charge in [0.15, 0.2) is 11.6 Å². The van der Waals surface area contributed by atoms with Crippen molar-refractivity contribution in [1.29, 1.82) is 0 Å². The maximum atomic E-state index is 13.7. The van der Waals surface area contributed by atoms with Crippen LogP contribution in [0.15, 0.2) is 23.4 Å². The van der Waals surface area contributed by atoms with Gasteiger partial charge in [-0.15, -0.1) is 0 Å². The Hall–Kier alpha value is -1.38. The summed E-state index contributed by atoms with van der Waals surface area (Å²) in [5.41, 5.74) is 1.67. The van der Waals surface area contributed by atoms with Crippen molar-refractivity contribution in [2.45, 2.75) is 97.3 Å². The number of carbonyl (C=O) groups excluding carboxylic acids is 2. The van der Waals surface area contributed by atoms with Crippen LogP contribution >= 0.6 is 0 Å². The molecule has 0 spiro atoms. The maximum absolute atomic E-state index is 13.7. The van der Waals surface area contributed by atoms with Crippen molar-refractivity contribution in [2.24, 2.45) is 11.3 Å². The number of likely N-dealkylation sites (tertiary alicyclic amines) is 1. The van der Waals surface area contributed by atoms with Crippen molar-refractivity contribution < 1.29 is 9.59 Å². The van der Waals surface area contributed by atoms with E-state index in [2.05, 4.69) is 11.8 Å². The van der Waals surface area contributed by atoms with E-state index in [4.69, 9.17) is 0 Å². The van der Waals surface area contributed by atoms with Gasteiger partial charge in [0, 0.05) is 30.8 Å². The molecule has 1 saturated heterocycles. The van der Waals surface area contributed by atoms with Gasteiger partial charge in [0.2, 0.25) is 0 Å². The lowest BCUT2D eigenvalue weighted by molar-refractivity contribution is -0.129. The van der Waals surface area contributed by atoms with Crippen LogP contribution in [0.5, 0.6) is 0 Å². The summed E-state index contributed by atoms with van der Waals surface area (Å²) in [5, 5.41) is 0. The highest BCUT2D eigenvalue weighted by Crippen LogP contribution is 2.51. The topological polar surface area (TPSA) is 37.4 Å². The van der Waals surface area contributed by atoms with Gasteiger partial charge in [-0.05, 0) is 57.4 Å². The minimum Gasteiger partial charge on any atom is -0.374 e. The molecule has 2 atom stereocenters. The van der Waals surface area contributed by atoms with Crippen molar-refractivity contribution in [3.05, 3.63) is 23.4 Å². The molecule has 0 aromatic heterocycles. The van der Waals surface area contributed by atoms with Gasteiger partial charge in [0.05, 0.1) is 5.41 Å². The third-order valence-corrected chi connectivity index (χ3v) is 7.31. The molecule has 156 valence electrons. The van der Waals surface area contributed by atoms with E-state index in [9.17, 15) is 9.59 Å². The first-order valence-corrected chi connectivity index (χ1v) is 11.8. The van der Waals surface area contributed by atoms with E-state index in [-0.39, 0.29) is 11.7 Å². The van der Waals surface area contributed by atoms with Crippen LogP contribution in [0, 0.1) is 11.3 Å². The quantitative estimate of drug-likeness (QED) is 0.560. The van der Waals surface area contributed by atoms with Crippen LogP contribution in [0.3, 0.4) is 0 Å². The molecule has 1 fully saturated rings. The third kappa shape index (κ3) is 4.28. The lowest BCUT2D eigenvalue weighted by Crippen LogP contribution is -2.50. The summed E-state index contributed by atoms with van der Waals surface area (Å²) < 4.78 is 0. The molecule has 0 aromatic carbocycles. The van der Waals surface area contributed by atoms with Crippen molar-refractivity contribution >= 4 is 11.6 Å². The van der Waals surface area contributed by atoms with Gasteiger partial charge in [-0.1, -0.05) is 51.5 Å². The Balaban J connectivity index is 2.14. The highest BCUT2D eigenvalue weighted by molar-refractivity contribution is 6.04. The molecule has 2 aliphatic carbocycles. The molecule has 0 radical (unpaired) electrons. The molecule has 0 N–H and O–H groups in total. The summed E-state index contributed by atoms with van der Waals surface area (Å²) in [7, 11) is 0. The van der Waals surface area contributed by atoms with E-state index < -0.39 is 5.41 Å². The van der Waals surface area contributed by atoms with Gasteiger partial charge >= 0.3 is 0 Å². The Morgan fingerprint density at radius 1 is 0.964 bits per heavy atom. The van der Waals surface area contributed by atoms with Crippen molar-refractivity contribution in [3.63, 3.8) is 0 Å². The third-order valence-electron chi connectivity index (χ3n) is 7.31. The van der Waals surface area contributed by atoms with E-state index in [0.29, 0.717) is 12.2 Å². The van der Waals surface area contributed by atoms with Crippen molar-refractivity contribution in [2.75, 3.05) is 13.1 Å². The molecule has 1 heterocycles. The minimum absolute atomic E-state index is 0.0901. The predicted molar refractivity (Wildman–Crippen MR) is 115 cm³/mol. The Morgan fingerprint density at radius 2 is 1.57 bits per heavy atom. The van der Waals surface area contributed by atoms with Crippen LogP contribution < -0.4 is 0 Å². The van der Waals surface area contributed by atoms with Crippen molar-refractivity contribution in [1.82, 2.24) is 4.90 Å². The number of hydrogen-bond acceptors (Lipinski definition) is 3. The Labute approximate surface area is 171 Å². The van der Waals surface area contributed by atoms with Crippen LogP contribution in [0.25, 0.3) is 0 Å². The standard InChI is InChI=1S/C25H39NO2/c1-3-14-23(28)25-16-11-8-6-4-5-7-10-15-21(22(27)19-20(25)2)24(25)26-17-12-9-13-18-26/h3,14,20H,4-13,15-19H2,1-2H3/b14-3+. The highest BCUT2D eigenvalue weighted by Gasteiger charge is 2.51. The molecule has 3 rings (SSSR count). The van der Waals surface area contributed by atoms with Crippen LogP contribution in [0.4, 0.5) is 0 Å². The lowest BCUT2D eigenvalue weighted by atomic mass is 9.60. The van der Waals surface area contributed by atoms with Gasteiger partial charge < -0.3 is 4.90 Å². The molecule has 3 nitrogen and oxygen atoms in total. The minimum atomic E-state index is -0.494. The van der Waals surface area contributed by atoms with E-state index in [1.807, 2.05) is 13.0 Å².